The second-order valence-corrected chi connectivity index (χ2v) is 9.28. The van der Waals surface area contributed by atoms with Gasteiger partial charge < -0.3 is 9.88 Å². The fourth-order valence-electron chi connectivity index (χ4n) is 4.06. The van der Waals surface area contributed by atoms with Crippen molar-refractivity contribution in [1.82, 2.24) is 14.9 Å². The zero-order valence-electron chi connectivity index (χ0n) is 16.8. The molecule has 1 aromatic heterocycles. The molecular weight excluding hydrogens is 412 g/mol. The Bertz CT molecular complexity index is 1390. The molecule has 1 N–H and O–H groups in total. The Morgan fingerprint density at radius 2 is 1.77 bits per heavy atom. The van der Waals surface area contributed by atoms with Gasteiger partial charge in [0.15, 0.2) is 0 Å². The molecule has 31 heavy (non-hydrogen) atoms. The van der Waals surface area contributed by atoms with Crippen molar-refractivity contribution in [2.45, 2.75) is 10.9 Å². The van der Waals surface area contributed by atoms with Gasteiger partial charge >= 0.3 is 0 Å². The molecule has 2 heterocycles. The Morgan fingerprint density at radius 1 is 1.03 bits per heavy atom. The number of anilines is 1. The van der Waals surface area contributed by atoms with Crippen molar-refractivity contribution in [1.29, 1.82) is 0 Å². The number of hydrogen-bond acceptors (Lipinski definition) is 4. The lowest BCUT2D eigenvalue weighted by Gasteiger charge is -2.22. The van der Waals surface area contributed by atoms with Crippen LogP contribution in [0.15, 0.2) is 84.0 Å². The van der Waals surface area contributed by atoms with Crippen molar-refractivity contribution in [2.75, 3.05) is 10.8 Å². The van der Waals surface area contributed by atoms with E-state index in [-0.39, 0.29) is 11.4 Å². The standard InChI is InChI=1S/C23H20N4O3S/c1-26-14-13-24-23(26)22(17-7-3-2-4-8-17)25-20(28)15-27-18-11-5-9-16-10-6-12-19(21(16)18)31(27,29)30/h2-14,22H,15H2,1H3,(H,25,28). The van der Waals surface area contributed by atoms with E-state index in [1.165, 1.54) is 4.31 Å². The van der Waals surface area contributed by atoms with Crippen LogP contribution in [0.1, 0.15) is 17.4 Å². The molecule has 7 nitrogen and oxygen atoms in total. The van der Waals surface area contributed by atoms with Gasteiger partial charge in [-0.05, 0) is 23.1 Å². The molecule has 1 unspecified atom stereocenters. The Morgan fingerprint density at radius 3 is 2.48 bits per heavy atom. The Kier molecular flexibility index (Phi) is 4.51. The summed E-state index contributed by atoms with van der Waals surface area (Å²) < 4.78 is 29.4. The molecule has 0 fully saturated rings. The molecule has 1 amide bonds. The summed E-state index contributed by atoms with van der Waals surface area (Å²) in [5.41, 5.74) is 1.39. The minimum Gasteiger partial charge on any atom is -0.341 e. The number of sulfonamides is 1. The molecule has 0 radical (unpaired) electrons. The van der Waals surface area contributed by atoms with Crippen LogP contribution in [0.3, 0.4) is 0 Å². The second kappa shape index (κ2) is 7.24. The maximum Gasteiger partial charge on any atom is 0.265 e. The summed E-state index contributed by atoms with van der Waals surface area (Å²) in [5.74, 6) is 0.249. The third-order valence-corrected chi connectivity index (χ3v) is 7.33. The van der Waals surface area contributed by atoms with Gasteiger partial charge in [0.2, 0.25) is 5.91 Å². The number of amides is 1. The summed E-state index contributed by atoms with van der Waals surface area (Å²) in [6, 6.07) is 19.6. The summed E-state index contributed by atoms with van der Waals surface area (Å²) in [5, 5.41) is 4.46. The molecule has 0 spiro atoms. The number of aromatic nitrogens is 2. The van der Waals surface area contributed by atoms with Crippen molar-refractivity contribution in [3.63, 3.8) is 0 Å². The van der Waals surface area contributed by atoms with E-state index in [4.69, 9.17) is 0 Å². The van der Waals surface area contributed by atoms with Crippen LogP contribution in [0, 0.1) is 0 Å². The molecule has 1 aliphatic heterocycles. The van der Waals surface area contributed by atoms with Crippen LogP contribution in [-0.4, -0.2) is 30.4 Å². The average Bonchev–Trinajstić information content (AvgIpc) is 3.29. The van der Waals surface area contributed by atoms with Gasteiger partial charge in [0, 0.05) is 24.8 Å². The highest BCUT2D eigenvalue weighted by Crippen LogP contribution is 2.41. The van der Waals surface area contributed by atoms with Crippen molar-refractivity contribution < 1.29 is 13.2 Å². The van der Waals surface area contributed by atoms with Crippen molar-refractivity contribution >= 4 is 32.4 Å². The average molecular weight is 433 g/mol. The lowest BCUT2D eigenvalue weighted by atomic mass is 10.1. The van der Waals surface area contributed by atoms with Crippen molar-refractivity contribution in [3.05, 3.63) is 90.5 Å². The summed E-state index contributed by atoms with van der Waals surface area (Å²) in [6.07, 6.45) is 3.47. The van der Waals surface area contributed by atoms with Crippen LogP contribution < -0.4 is 9.62 Å². The third kappa shape index (κ3) is 3.16. The largest absolute Gasteiger partial charge is 0.341 e. The number of rotatable bonds is 5. The zero-order chi connectivity index (χ0) is 21.6. The topological polar surface area (TPSA) is 84.3 Å². The summed E-state index contributed by atoms with van der Waals surface area (Å²) in [4.78, 5) is 17.7. The van der Waals surface area contributed by atoms with Gasteiger partial charge in [-0.3, -0.25) is 9.10 Å². The quantitative estimate of drug-likeness (QED) is 0.526. The van der Waals surface area contributed by atoms with Crippen molar-refractivity contribution in [2.24, 2.45) is 7.05 Å². The van der Waals surface area contributed by atoms with E-state index in [0.717, 1.165) is 10.9 Å². The smallest absolute Gasteiger partial charge is 0.265 e. The maximum absolute atomic E-state index is 13.2. The molecule has 0 aliphatic carbocycles. The van der Waals surface area contributed by atoms with Gasteiger partial charge in [-0.15, -0.1) is 0 Å². The van der Waals surface area contributed by atoms with Crippen LogP contribution in [0.2, 0.25) is 0 Å². The van der Waals surface area contributed by atoms with E-state index in [9.17, 15) is 13.2 Å². The molecule has 0 saturated carbocycles. The van der Waals surface area contributed by atoms with Gasteiger partial charge in [-0.2, -0.15) is 0 Å². The van der Waals surface area contributed by atoms with E-state index < -0.39 is 22.0 Å². The van der Waals surface area contributed by atoms with Crippen LogP contribution >= 0.6 is 0 Å². The van der Waals surface area contributed by atoms with Crippen LogP contribution in [-0.2, 0) is 21.9 Å². The number of carbonyl (C=O) groups excluding carboxylic acids is 1. The van der Waals surface area contributed by atoms with Crippen LogP contribution in [0.4, 0.5) is 5.69 Å². The van der Waals surface area contributed by atoms with E-state index in [1.54, 1.807) is 36.7 Å². The third-order valence-electron chi connectivity index (χ3n) is 5.52. The first-order valence-electron chi connectivity index (χ1n) is 9.83. The molecule has 156 valence electrons. The first kappa shape index (κ1) is 19.3. The first-order valence-corrected chi connectivity index (χ1v) is 11.3. The number of benzene rings is 3. The number of carbonyl (C=O) groups is 1. The van der Waals surface area contributed by atoms with Gasteiger partial charge in [0.25, 0.3) is 10.0 Å². The van der Waals surface area contributed by atoms with Crippen LogP contribution in [0.5, 0.6) is 0 Å². The Labute approximate surface area is 180 Å². The molecule has 8 heteroatoms. The minimum absolute atomic E-state index is 0.233. The monoisotopic (exact) mass is 432 g/mol. The summed E-state index contributed by atoms with van der Waals surface area (Å²) >= 11 is 0. The highest BCUT2D eigenvalue weighted by atomic mass is 32.2. The maximum atomic E-state index is 13.2. The zero-order valence-corrected chi connectivity index (χ0v) is 17.6. The fourth-order valence-corrected chi connectivity index (χ4v) is 5.73. The van der Waals surface area contributed by atoms with E-state index in [0.29, 0.717) is 16.9 Å². The van der Waals surface area contributed by atoms with E-state index >= 15 is 0 Å². The van der Waals surface area contributed by atoms with Gasteiger partial charge in [-0.1, -0.05) is 54.6 Å². The SMILES string of the molecule is Cn1ccnc1C(NC(=O)CN1c2cccc3cccc(c23)S1(=O)=O)c1ccccc1. The first-order chi connectivity index (χ1) is 15.0. The van der Waals surface area contributed by atoms with Gasteiger partial charge in [0.1, 0.15) is 18.4 Å². The van der Waals surface area contributed by atoms with Gasteiger partial charge in [0.05, 0.1) is 10.6 Å². The molecule has 5 rings (SSSR count). The second-order valence-electron chi connectivity index (χ2n) is 7.45. The number of aryl methyl sites for hydroxylation is 1. The molecule has 3 aromatic carbocycles. The highest BCUT2D eigenvalue weighted by molar-refractivity contribution is 7.93. The fraction of sp³-hybridized carbons (Fsp3) is 0.130. The normalized spacial score (nSPS) is 15.2. The van der Waals surface area contributed by atoms with Crippen LogP contribution in [0.25, 0.3) is 10.8 Å². The lowest BCUT2D eigenvalue weighted by molar-refractivity contribution is -0.120. The highest BCUT2D eigenvalue weighted by Gasteiger charge is 2.37. The van der Waals surface area contributed by atoms with Crippen molar-refractivity contribution in [3.8, 4) is 0 Å². The Balaban J connectivity index is 1.48. The minimum atomic E-state index is -3.80. The number of nitrogens with one attached hydrogen (secondary N) is 1. The number of nitrogens with zero attached hydrogens (tertiary/aromatic N) is 3. The summed E-state index contributed by atoms with van der Waals surface area (Å²) in [6.45, 7) is -0.316. The molecular formula is C23H20N4O3S. The summed E-state index contributed by atoms with van der Waals surface area (Å²) in [7, 11) is -1.95. The lowest BCUT2D eigenvalue weighted by Crippen LogP contribution is -2.41. The molecule has 4 aromatic rings. The van der Waals surface area contributed by atoms with Gasteiger partial charge in [-0.25, -0.2) is 13.4 Å². The predicted octanol–water partition coefficient (Wildman–Crippen LogP) is 2.99. The molecule has 1 aliphatic rings. The molecule has 1 atom stereocenters. The molecule has 0 saturated heterocycles. The van der Waals surface area contributed by atoms with E-state index in [2.05, 4.69) is 10.3 Å². The van der Waals surface area contributed by atoms with E-state index in [1.807, 2.05) is 54.1 Å². The number of hydrogen-bond donors (Lipinski definition) is 1. The number of imidazole rings is 1. The predicted molar refractivity (Wildman–Crippen MR) is 118 cm³/mol. The Hall–Kier alpha value is -3.65. The molecule has 0 bridgehead atoms.